The minimum absolute atomic E-state index is 0.341. The monoisotopic (exact) mass is 268 g/mol. The highest BCUT2D eigenvalue weighted by molar-refractivity contribution is 5.65. The third-order valence-electron chi connectivity index (χ3n) is 3.42. The highest BCUT2D eigenvalue weighted by Gasteiger charge is 2.16. The normalized spacial score (nSPS) is 14.2. The van der Waals surface area contributed by atoms with Crippen LogP contribution in [0, 0.1) is 11.3 Å². The summed E-state index contributed by atoms with van der Waals surface area (Å²) in [5.41, 5.74) is 1.00. The van der Waals surface area contributed by atoms with E-state index in [9.17, 15) is 0 Å². The molecular formula is C15H16N4O. The molecule has 0 amide bonds. The van der Waals surface area contributed by atoms with Crippen molar-refractivity contribution in [2.45, 2.75) is 19.4 Å². The zero-order valence-electron chi connectivity index (χ0n) is 11.2. The fraction of sp³-hybridized carbons (Fsp3) is 0.333. The van der Waals surface area contributed by atoms with Crippen molar-refractivity contribution in [3.05, 3.63) is 42.0 Å². The highest BCUT2D eigenvalue weighted by Crippen LogP contribution is 2.26. The molecule has 0 aliphatic carbocycles. The molecule has 1 saturated heterocycles. The van der Waals surface area contributed by atoms with Gasteiger partial charge in [-0.2, -0.15) is 5.26 Å². The molecule has 1 N–H and O–H groups in total. The fourth-order valence-corrected chi connectivity index (χ4v) is 2.43. The van der Waals surface area contributed by atoms with E-state index in [1.807, 2.05) is 30.5 Å². The van der Waals surface area contributed by atoms with Crippen LogP contribution in [0.1, 0.15) is 24.4 Å². The van der Waals surface area contributed by atoms with E-state index in [1.165, 1.54) is 12.8 Å². The molecule has 0 bridgehead atoms. The topological polar surface area (TPSA) is 65.1 Å². The van der Waals surface area contributed by atoms with Crippen LogP contribution in [0.15, 0.2) is 34.9 Å². The van der Waals surface area contributed by atoms with Crippen molar-refractivity contribution < 1.29 is 4.42 Å². The van der Waals surface area contributed by atoms with Crippen molar-refractivity contribution in [1.29, 1.82) is 5.26 Å². The Bertz CT molecular complexity index is 623. The second-order valence-electron chi connectivity index (χ2n) is 4.80. The molecule has 1 fully saturated rings. The third-order valence-corrected chi connectivity index (χ3v) is 3.42. The van der Waals surface area contributed by atoms with E-state index >= 15 is 0 Å². The number of aromatic nitrogens is 1. The van der Waals surface area contributed by atoms with Gasteiger partial charge in [0, 0.05) is 19.3 Å². The number of pyridine rings is 1. The van der Waals surface area contributed by atoms with Crippen LogP contribution < -0.4 is 10.2 Å². The van der Waals surface area contributed by atoms with Crippen LogP contribution in [0.5, 0.6) is 0 Å². The first-order valence-corrected chi connectivity index (χ1v) is 6.79. The molecule has 1 aliphatic rings. The second kappa shape index (κ2) is 5.66. The first-order valence-electron chi connectivity index (χ1n) is 6.79. The van der Waals surface area contributed by atoms with Crippen LogP contribution >= 0.6 is 0 Å². The molecule has 5 heteroatoms. The lowest BCUT2D eigenvalue weighted by Crippen LogP contribution is -2.20. The summed E-state index contributed by atoms with van der Waals surface area (Å²) in [5, 5.41) is 12.1. The standard InChI is InChI=1S/C15H16N4O/c16-10-12-5-6-13(20-12)11-18-14-4-3-7-17-15(14)19-8-1-2-9-19/h3-7,18H,1-2,8-9,11H2. The third kappa shape index (κ3) is 2.59. The molecule has 20 heavy (non-hydrogen) atoms. The maximum Gasteiger partial charge on any atom is 0.203 e. The minimum Gasteiger partial charge on any atom is -0.449 e. The summed E-state index contributed by atoms with van der Waals surface area (Å²) in [6.07, 6.45) is 4.26. The van der Waals surface area contributed by atoms with Gasteiger partial charge in [0.15, 0.2) is 5.82 Å². The Balaban J connectivity index is 1.72. The van der Waals surface area contributed by atoms with Crippen LogP contribution in [-0.2, 0) is 6.54 Å². The summed E-state index contributed by atoms with van der Waals surface area (Å²) in [6, 6.07) is 9.43. The summed E-state index contributed by atoms with van der Waals surface area (Å²) in [5.74, 6) is 2.09. The average Bonchev–Trinajstić information content (AvgIpc) is 3.17. The molecule has 0 saturated carbocycles. The Morgan fingerprint density at radius 2 is 2.15 bits per heavy atom. The number of nitrogens with one attached hydrogen (secondary N) is 1. The van der Waals surface area contributed by atoms with E-state index in [0.29, 0.717) is 12.3 Å². The lowest BCUT2D eigenvalue weighted by atomic mass is 10.3. The van der Waals surface area contributed by atoms with E-state index in [0.717, 1.165) is 30.4 Å². The van der Waals surface area contributed by atoms with Gasteiger partial charge in [-0.3, -0.25) is 0 Å². The number of furan rings is 1. The summed E-state index contributed by atoms with van der Waals surface area (Å²) >= 11 is 0. The summed E-state index contributed by atoms with van der Waals surface area (Å²) in [7, 11) is 0. The van der Waals surface area contributed by atoms with Crippen molar-refractivity contribution in [1.82, 2.24) is 4.98 Å². The van der Waals surface area contributed by atoms with Gasteiger partial charge < -0.3 is 14.6 Å². The van der Waals surface area contributed by atoms with E-state index in [2.05, 4.69) is 15.2 Å². The molecule has 0 spiro atoms. The fourth-order valence-electron chi connectivity index (χ4n) is 2.43. The van der Waals surface area contributed by atoms with Crippen molar-refractivity contribution in [2.24, 2.45) is 0 Å². The number of nitrogens with zero attached hydrogens (tertiary/aromatic N) is 3. The number of rotatable bonds is 4. The zero-order valence-corrected chi connectivity index (χ0v) is 11.2. The molecule has 0 unspecified atom stereocenters. The van der Waals surface area contributed by atoms with Gasteiger partial charge in [-0.1, -0.05) is 0 Å². The Morgan fingerprint density at radius 3 is 2.90 bits per heavy atom. The van der Waals surface area contributed by atoms with E-state index in [4.69, 9.17) is 9.68 Å². The Morgan fingerprint density at radius 1 is 1.30 bits per heavy atom. The molecule has 102 valence electrons. The molecule has 0 aromatic carbocycles. The first-order chi connectivity index (χ1) is 9.86. The lowest BCUT2D eigenvalue weighted by Gasteiger charge is -2.20. The van der Waals surface area contributed by atoms with Gasteiger partial charge in [0.1, 0.15) is 11.8 Å². The maximum absolute atomic E-state index is 8.74. The Labute approximate surface area is 117 Å². The van der Waals surface area contributed by atoms with Gasteiger partial charge in [0.2, 0.25) is 5.76 Å². The molecular weight excluding hydrogens is 252 g/mol. The number of nitriles is 1. The molecule has 5 nitrogen and oxygen atoms in total. The van der Waals surface area contributed by atoms with E-state index in [1.54, 1.807) is 6.07 Å². The van der Waals surface area contributed by atoms with Crippen molar-refractivity contribution in [2.75, 3.05) is 23.3 Å². The van der Waals surface area contributed by atoms with Crippen LogP contribution in [0.3, 0.4) is 0 Å². The summed E-state index contributed by atoms with van der Waals surface area (Å²) in [6.45, 7) is 2.67. The van der Waals surface area contributed by atoms with Crippen molar-refractivity contribution >= 4 is 11.5 Å². The Kier molecular flexibility index (Phi) is 3.55. The first kappa shape index (κ1) is 12.5. The van der Waals surface area contributed by atoms with Gasteiger partial charge in [0.05, 0.1) is 12.2 Å². The molecule has 1 aliphatic heterocycles. The van der Waals surface area contributed by atoms with Crippen molar-refractivity contribution in [3.63, 3.8) is 0 Å². The quantitative estimate of drug-likeness (QED) is 0.923. The number of hydrogen-bond acceptors (Lipinski definition) is 5. The van der Waals surface area contributed by atoms with Crippen LogP contribution in [0.4, 0.5) is 11.5 Å². The summed E-state index contributed by atoms with van der Waals surface area (Å²) < 4.78 is 5.36. The predicted molar refractivity (Wildman–Crippen MR) is 76.4 cm³/mol. The highest BCUT2D eigenvalue weighted by atomic mass is 16.3. The van der Waals surface area contributed by atoms with E-state index in [-0.39, 0.29) is 0 Å². The molecule has 2 aromatic heterocycles. The molecule has 0 radical (unpaired) electrons. The molecule has 3 heterocycles. The molecule has 0 atom stereocenters. The minimum atomic E-state index is 0.341. The largest absolute Gasteiger partial charge is 0.449 e. The smallest absolute Gasteiger partial charge is 0.203 e. The van der Waals surface area contributed by atoms with E-state index < -0.39 is 0 Å². The SMILES string of the molecule is N#Cc1ccc(CNc2cccnc2N2CCCC2)o1. The van der Waals surface area contributed by atoms with Crippen LogP contribution in [0.2, 0.25) is 0 Å². The van der Waals surface area contributed by atoms with Crippen molar-refractivity contribution in [3.8, 4) is 6.07 Å². The molecule has 2 aromatic rings. The summed E-state index contributed by atoms with van der Waals surface area (Å²) in [4.78, 5) is 6.77. The second-order valence-corrected chi connectivity index (χ2v) is 4.80. The Hall–Kier alpha value is -2.48. The number of hydrogen-bond donors (Lipinski definition) is 1. The van der Waals surface area contributed by atoms with Gasteiger partial charge in [-0.15, -0.1) is 0 Å². The lowest BCUT2D eigenvalue weighted by molar-refractivity contribution is 0.506. The van der Waals surface area contributed by atoms with Gasteiger partial charge >= 0.3 is 0 Å². The predicted octanol–water partition coefficient (Wildman–Crippen LogP) is 2.76. The average molecular weight is 268 g/mol. The van der Waals surface area contributed by atoms with Gasteiger partial charge in [0.25, 0.3) is 0 Å². The van der Waals surface area contributed by atoms with Gasteiger partial charge in [-0.05, 0) is 37.1 Å². The zero-order chi connectivity index (χ0) is 13.8. The van der Waals surface area contributed by atoms with Crippen LogP contribution in [0.25, 0.3) is 0 Å². The van der Waals surface area contributed by atoms with Crippen LogP contribution in [-0.4, -0.2) is 18.1 Å². The number of anilines is 2. The molecule has 3 rings (SSSR count). The maximum atomic E-state index is 8.74. The van der Waals surface area contributed by atoms with Gasteiger partial charge in [-0.25, -0.2) is 4.98 Å².